The third-order valence-electron chi connectivity index (χ3n) is 4.79. The molecule has 29 heavy (non-hydrogen) atoms. The molecule has 0 atom stereocenters. The lowest BCUT2D eigenvalue weighted by molar-refractivity contribution is 0.341. The summed E-state index contributed by atoms with van der Waals surface area (Å²) < 4.78 is 30.2. The second kappa shape index (κ2) is 9.22. The van der Waals surface area contributed by atoms with Gasteiger partial charge in [-0.1, -0.05) is 54.1 Å². The van der Waals surface area contributed by atoms with Crippen LogP contribution in [-0.4, -0.2) is 35.5 Å². The van der Waals surface area contributed by atoms with Gasteiger partial charge in [0.1, 0.15) is 0 Å². The van der Waals surface area contributed by atoms with E-state index in [1.165, 1.54) is 4.31 Å². The van der Waals surface area contributed by atoms with Crippen molar-refractivity contribution in [3.63, 3.8) is 0 Å². The average molecular weight is 411 g/mol. The summed E-state index contributed by atoms with van der Waals surface area (Å²) in [6.07, 6.45) is 5.03. The van der Waals surface area contributed by atoms with Crippen LogP contribution in [0, 0.1) is 6.92 Å². The van der Waals surface area contributed by atoms with Gasteiger partial charge in [-0.25, -0.2) is 8.42 Å². The summed E-state index contributed by atoms with van der Waals surface area (Å²) in [7, 11) is -3.70. The zero-order valence-electron chi connectivity index (χ0n) is 16.5. The van der Waals surface area contributed by atoms with Gasteiger partial charge in [0.25, 0.3) is 0 Å². The molecule has 1 N–H and O–H groups in total. The SMILES string of the molecule is C=CCn1c(CN(C/C=C\CO)S(=O)(=O)c2ccc(C)cc2)cc2ccccc21. The fourth-order valence-corrected chi connectivity index (χ4v) is 4.66. The Bertz CT molecular complexity index is 1110. The lowest BCUT2D eigenvalue weighted by Gasteiger charge is -2.22. The largest absolute Gasteiger partial charge is 0.392 e. The van der Waals surface area contributed by atoms with Crippen molar-refractivity contribution in [1.29, 1.82) is 0 Å². The van der Waals surface area contributed by atoms with Crippen molar-refractivity contribution in [2.45, 2.75) is 24.9 Å². The molecule has 3 aromatic rings. The van der Waals surface area contributed by atoms with Crippen LogP contribution in [0.5, 0.6) is 0 Å². The van der Waals surface area contributed by atoms with Gasteiger partial charge in [-0.15, -0.1) is 6.58 Å². The molecule has 2 aromatic carbocycles. The molecule has 1 aromatic heterocycles. The van der Waals surface area contributed by atoms with E-state index in [1.807, 2.05) is 37.3 Å². The maximum Gasteiger partial charge on any atom is 0.243 e. The van der Waals surface area contributed by atoms with E-state index in [-0.39, 0.29) is 24.6 Å². The highest BCUT2D eigenvalue weighted by atomic mass is 32.2. The minimum atomic E-state index is -3.70. The fourth-order valence-electron chi connectivity index (χ4n) is 3.30. The topological polar surface area (TPSA) is 62.5 Å². The van der Waals surface area contributed by atoms with Crippen molar-refractivity contribution in [3.05, 3.63) is 90.7 Å². The standard InChI is InChI=1S/C23H26N2O3S/c1-3-14-25-21(17-20-8-4-5-9-23(20)25)18-24(15-6-7-16-26)29(27,28)22-12-10-19(2)11-13-22/h3-13,17,26H,1,14-16,18H2,2H3/b7-6-. The molecule has 0 radical (unpaired) electrons. The predicted molar refractivity (Wildman–Crippen MR) is 117 cm³/mol. The van der Waals surface area contributed by atoms with E-state index < -0.39 is 10.0 Å². The van der Waals surface area contributed by atoms with Crippen LogP contribution in [0.1, 0.15) is 11.3 Å². The molecule has 0 unspecified atom stereocenters. The summed E-state index contributed by atoms with van der Waals surface area (Å²) in [5.74, 6) is 0. The Balaban J connectivity index is 2.03. The summed E-state index contributed by atoms with van der Waals surface area (Å²) in [4.78, 5) is 0.256. The molecule has 0 spiro atoms. The molecule has 152 valence electrons. The number of fused-ring (bicyclic) bond motifs is 1. The van der Waals surface area contributed by atoms with Gasteiger partial charge in [-0.3, -0.25) is 0 Å². The fraction of sp³-hybridized carbons (Fsp3) is 0.217. The molecule has 0 aliphatic carbocycles. The van der Waals surface area contributed by atoms with Gasteiger partial charge in [0.15, 0.2) is 0 Å². The van der Waals surface area contributed by atoms with E-state index in [4.69, 9.17) is 5.11 Å². The van der Waals surface area contributed by atoms with E-state index in [1.54, 1.807) is 42.5 Å². The first kappa shape index (κ1) is 21.0. The van der Waals surface area contributed by atoms with Crippen molar-refractivity contribution in [3.8, 4) is 0 Å². The maximum atomic E-state index is 13.3. The van der Waals surface area contributed by atoms with Crippen LogP contribution in [0.2, 0.25) is 0 Å². The molecule has 0 bridgehead atoms. The van der Waals surface area contributed by atoms with E-state index >= 15 is 0 Å². The first-order chi connectivity index (χ1) is 14.0. The normalized spacial score (nSPS) is 12.2. The van der Waals surface area contributed by atoms with Crippen molar-refractivity contribution >= 4 is 20.9 Å². The van der Waals surface area contributed by atoms with Gasteiger partial charge in [0.05, 0.1) is 18.0 Å². The number of hydrogen-bond acceptors (Lipinski definition) is 3. The summed E-state index contributed by atoms with van der Waals surface area (Å²) in [6, 6.07) is 16.8. The van der Waals surface area contributed by atoms with E-state index in [2.05, 4.69) is 11.1 Å². The number of benzene rings is 2. The Morgan fingerprint density at radius 3 is 2.52 bits per heavy atom. The molecule has 0 fully saturated rings. The van der Waals surface area contributed by atoms with E-state index in [0.717, 1.165) is 22.2 Å². The number of hydrogen-bond donors (Lipinski definition) is 1. The van der Waals surface area contributed by atoms with Crippen LogP contribution in [0.25, 0.3) is 10.9 Å². The molecule has 5 nitrogen and oxygen atoms in total. The number of aliphatic hydroxyl groups excluding tert-OH is 1. The molecule has 0 saturated heterocycles. The number of para-hydroxylation sites is 1. The Kier molecular flexibility index (Phi) is 6.69. The predicted octanol–water partition coefficient (Wildman–Crippen LogP) is 3.88. The van der Waals surface area contributed by atoms with Crippen LogP contribution in [0.3, 0.4) is 0 Å². The summed E-state index contributed by atoms with van der Waals surface area (Å²) >= 11 is 0. The first-order valence-electron chi connectivity index (χ1n) is 9.48. The molecular weight excluding hydrogens is 384 g/mol. The highest BCUT2D eigenvalue weighted by Crippen LogP contribution is 2.24. The lowest BCUT2D eigenvalue weighted by atomic mass is 10.2. The smallest absolute Gasteiger partial charge is 0.243 e. The van der Waals surface area contributed by atoms with Crippen LogP contribution in [0.4, 0.5) is 0 Å². The maximum absolute atomic E-state index is 13.3. The van der Waals surface area contributed by atoms with Crippen LogP contribution >= 0.6 is 0 Å². The van der Waals surface area contributed by atoms with E-state index in [0.29, 0.717) is 6.54 Å². The Labute approximate surface area is 172 Å². The second-order valence-corrected chi connectivity index (χ2v) is 8.80. The molecule has 0 aliphatic heterocycles. The van der Waals surface area contributed by atoms with E-state index in [9.17, 15) is 8.42 Å². The number of allylic oxidation sites excluding steroid dienone is 1. The van der Waals surface area contributed by atoms with Crippen molar-refractivity contribution in [2.75, 3.05) is 13.2 Å². The van der Waals surface area contributed by atoms with Gasteiger partial charge in [0, 0.05) is 24.3 Å². The summed E-state index contributed by atoms with van der Waals surface area (Å²) in [6.45, 7) is 6.61. The van der Waals surface area contributed by atoms with Crippen LogP contribution < -0.4 is 0 Å². The zero-order chi connectivity index (χ0) is 20.9. The highest BCUT2D eigenvalue weighted by molar-refractivity contribution is 7.89. The van der Waals surface area contributed by atoms with Gasteiger partial charge in [-0.05, 0) is 36.6 Å². The average Bonchev–Trinajstić information content (AvgIpc) is 3.05. The molecule has 6 heteroatoms. The number of aryl methyl sites for hydroxylation is 1. The number of aliphatic hydroxyl groups is 1. The molecule has 3 rings (SSSR count). The monoisotopic (exact) mass is 410 g/mol. The number of nitrogens with zero attached hydrogens (tertiary/aromatic N) is 2. The van der Waals surface area contributed by atoms with Gasteiger partial charge in [0.2, 0.25) is 10.0 Å². The summed E-state index contributed by atoms with van der Waals surface area (Å²) in [5, 5.41) is 10.1. The molecular formula is C23H26N2O3S. The minimum absolute atomic E-state index is 0.130. The Hall–Kier alpha value is -2.67. The molecule has 0 amide bonds. The molecule has 0 aliphatic rings. The second-order valence-electron chi connectivity index (χ2n) is 6.86. The third kappa shape index (κ3) is 4.67. The van der Waals surface area contributed by atoms with Gasteiger partial charge < -0.3 is 9.67 Å². The van der Waals surface area contributed by atoms with Crippen LogP contribution in [0.15, 0.2) is 84.3 Å². The van der Waals surface area contributed by atoms with Crippen LogP contribution in [-0.2, 0) is 23.1 Å². The zero-order valence-corrected chi connectivity index (χ0v) is 17.3. The number of rotatable bonds is 9. The minimum Gasteiger partial charge on any atom is -0.392 e. The summed E-state index contributed by atoms with van der Waals surface area (Å²) in [5.41, 5.74) is 2.93. The van der Waals surface area contributed by atoms with Crippen molar-refractivity contribution in [1.82, 2.24) is 8.87 Å². The Morgan fingerprint density at radius 2 is 1.83 bits per heavy atom. The number of aromatic nitrogens is 1. The molecule has 0 saturated carbocycles. The molecule has 1 heterocycles. The highest BCUT2D eigenvalue weighted by Gasteiger charge is 2.25. The first-order valence-corrected chi connectivity index (χ1v) is 10.9. The third-order valence-corrected chi connectivity index (χ3v) is 6.61. The van der Waals surface area contributed by atoms with Crippen molar-refractivity contribution < 1.29 is 13.5 Å². The quantitative estimate of drug-likeness (QED) is 0.545. The van der Waals surface area contributed by atoms with Gasteiger partial charge >= 0.3 is 0 Å². The number of sulfonamides is 1. The van der Waals surface area contributed by atoms with Crippen molar-refractivity contribution in [2.24, 2.45) is 0 Å². The van der Waals surface area contributed by atoms with Gasteiger partial charge in [-0.2, -0.15) is 4.31 Å². The lowest BCUT2D eigenvalue weighted by Crippen LogP contribution is -2.31. The Morgan fingerprint density at radius 1 is 1.10 bits per heavy atom.